The predicted molar refractivity (Wildman–Crippen MR) is 141 cm³/mol. The van der Waals surface area contributed by atoms with Crippen LogP contribution in [0.2, 0.25) is 0 Å². The summed E-state index contributed by atoms with van der Waals surface area (Å²) in [7, 11) is 5.11. The number of fused-ring (bicyclic) bond motifs is 1. The van der Waals surface area contributed by atoms with Crippen LogP contribution in [0.5, 0.6) is 11.5 Å². The lowest BCUT2D eigenvalue weighted by Crippen LogP contribution is -2.34. The van der Waals surface area contributed by atoms with Crippen LogP contribution >= 0.6 is 0 Å². The third-order valence-corrected chi connectivity index (χ3v) is 6.36. The Morgan fingerprint density at radius 1 is 1.03 bits per heavy atom. The molecule has 5 rings (SSSR count). The van der Waals surface area contributed by atoms with E-state index in [2.05, 4.69) is 21.9 Å². The van der Waals surface area contributed by atoms with E-state index in [4.69, 9.17) is 19.2 Å². The Morgan fingerprint density at radius 2 is 1.78 bits per heavy atom. The van der Waals surface area contributed by atoms with Gasteiger partial charge in [0.15, 0.2) is 0 Å². The molecule has 4 aromatic rings. The normalized spacial score (nSPS) is 14.6. The first kappa shape index (κ1) is 24.6. The van der Waals surface area contributed by atoms with Crippen molar-refractivity contribution in [1.29, 1.82) is 0 Å². The van der Waals surface area contributed by atoms with E-state index in [1.165, 1.54) is 0 Å². The summed E-state index contributed by atoms with van der Waals surface area (Å²) in [6, 6.07) is 11.6. The van der Waals surface area contributed by atoms with Gasteiger partial charge in [0.2, 0.25) is 0 Å². The maximum absolute atomic E-state index is 10.8. The average Bonchev–Trinajstić information content (AvgIpc) is 3.36. The number of aryl methyl sites for hydroxylation is 1. The Bertz CT molecular complexity index is 1440. The molecule has 0 bridgehead atoms. The Hall–Kier alpha value is -4.13. The molecule has 0 radical (unpaired) electrons. The molecule has 9 heteroatoms. The summed E-state index contributed by atoms with van der Waals surface area (Å²) in [6.45, 7) is 1.34. The maximum Gasteiger partial charge on any atom is 0.129 e. The molecule has 0 spiro atoms. The third-order valence-electron chi connectivity index (χ3n) is 6.36. The van der Waals surface area contributed by atoms with Crippen LogP contribution in [-0.2, 0) is 11.8 Å². The molecule has 1 fully saturated rings. The van der Waals surface area contributed by atoms with Gasteiger partial charge in [0.25, 0.3) is 0 Å². The smallest absolute Gasteiger partial charge is 0.129 e. The molecule has 0 saturated carbocycles. The minimum Gasteiger partial charge on any atom is -0.497 e. The number of benzene rings is 2. The molecule has 3 heterocycles. The monoisotopic (exact) mass is 499 g/mol. The van der Waals surface area contributed by atoms with Crippen molar-refractivity contribution < 1.29 is 19.3 Å². The standard InChI is InChI=1S/C28H29N5O4/c1-32-19-20(17-30-32)27-18-29-25-6-5-21(15-26(25)31-27)33(10-4-7-28(34)8-11-37-12-9-28)22-13-23(35-2)16-24(14-22)36-3/h5-6,13-19,34H,8-12H2,1-3H3. The van der Waals surface area contributed by atoms with Crippen LogP contribution in [0.3, 0.4) is 0 Å². The third kappa shape index (κ3) is 5.50. The van der Waals surface area contributed by atoms with Gasteiger partial charge in [-0.1, -0.05) is 11.8 Å². The Balaban J connectivity index is 1.56. The van der Waals surface area contributed by atoms with Gasteiger partial charge in [-0.05, 0) is 18.2 Å². The van der Waals surface area contributed by atoms with Crippen LogP contribution in [0, 0.1) is 11.8 Å². The van der Waals surface area contributed by atoms with E-state index in [0.717, 1.165) is 33.7 Å². The van der Waals surface area contributed by atoms with E-state index < -0.39 is 5.60 Å². The van der Waals surface area contributed by atoms with Crippen LogP contribution in [0.1, 0.15) is 12.8 Å². The molecule has 1 saturated heterocycles. The summed E-state index contributed by atoms with van der Waals surface area (Å²) in [4.78, 5) is 11.5. The van der Waals surface area contributed by atoms with E-state index in [9.17, 15) is 5.11 Å². The topological polar surface area (TPSA) is 94.8 Å². The first-order valence-corrected chi connectivity index (χ1v) is 12.0. The number of ether oxygens (including phenoxy) is 3. The summed E-state index contributed by atoms with van der Waals surface area (Å²) in [5.74, 6) is 7.60. The van der Waals surface area contributed by atoms with Crippen molar-refractivity contribution >= 4 is 22.4 Å². The molecule has 0 aliphatic carbocycles. The molecule has 190 valence electrons. The number of nitrogens with zero attached hydrogens (tertiary/aromatic N) is 5. The van der Waals surface area contributed by atoms with E-state index in [-0.39, 0.29) is 0 Å². The number of aliphatic hydroxyl groups is 1. The molecule has 1 aliphatic rings. The fourth-order valence-corrected chi connectivity index (χ4v) is 4.26. The highest BCUT2D eigenvalue weighted by atomic mass is 16.5. The molecule has 0 amide bonds. The van der Waals surface area contributed by atoms with E-state index >= 15 is 0 Å². The Morgan fingerprint density at radius 3 is 2.46 bits per heavy atom. The molecule has 37 heavy (non-hydrogen) atoms. The molecule has 2 aromatic heterocycles. The van der Waals surface area contributed by atoms with Crippen LogP contribution in [0.25, 0.3) is 22.3 Å². The lowest BCUT2D eigenvalue weighted by Gasteiger charge is -2.27. The van der Waals surface area contributed by atoms with E-state index in [1.54, 1.807) is 31.3 Å². The summed E-state index contributed by atoms with van der Waals surface area (Å²) in [6.07, 6.45) is 6.42. The molecule has 9 nitrogen and oxygen atoms in total. The van der Waals surface area contributed by atoms with Gasteiger partial charge >= 0.3 is 0 Å². The van der Waals surface area contributed by atoms with Gasteiger partial charge < -0.3 is 24.2 Å². The molecular weight excluding hydrogens is 470 g/mol. The van der Waals surface area contributed by atoms with Crippen molar-refractivity contribution in [2.45, 2.75) is 18.4 Å². The number of rotatable bonds is 6. The van der Waals surface area contributed by atoms with Crippen LogP contribution in [0.4, 0.5) is 11.4 Å². The minimum atomic E-state index is -1.04. The number of hydrogen-bond acceptors (Lipinski definition) is 8. The van der Waals surface area contributed by atoms with Crippen molar-refractivity contribution in [3.8, 4) is 34.6 Å². The van der Waals surface area contributed by atoms with Crippen molar-refractivity contribution in [2.24, 2.45) is 7.05 Å². The quantitative estimate of drug-likeness (QED) is 0.401. The molecular formula is C28H29N5O4. The number of anilines is 2. The molecule has 1 N–H and O–H groups in total. The van der Waals surface area contributed by atoms with Gasteiger partial charge in [-0.25, -0.2) is 4.98 Å². The summed E-state index contributed by atoms with van der Waals surface area (Å²) < 4.78 is 18.1. The summed E-state index contributed by atoms with van der Waals surface area (Å²) >= 11 is 0. The molecule has 2 aromatic carbocycles. The van der Waals surface area contributed by atoms with Crippen molar-refractivity contribution in [3.05, 3.63) is 55.0 Å². The lowest BCUT2D eigenvalue weighted by molar-refractivity contribution is -0.0262. The SMILES string of the molecule is COc1cc(OC)cc(N(CC#CC2(O)CCOCC2)c2ccc3ncc(-c4cnn(C)c4)nc3c2)c1. The zero-order valence-electron chi connectivity index (χ0n) is 21.1. The van der Waals surface area contributed by atoms with Crippen molar-refractivity contribution in [1.82, 2.24) is 19.7 Å². The second kappa shape index (κ2) is 10.5. The first-order valence-electron chi connectivity index (χ1n) is 12.0. The zero-order valence-corrected chi connectivity index (χ0v) is 21.1. The highest BCUT2D eigenvalue weighted by Gasteiger charge is 2.27. The molecule has 0 atom stereocenters. The maximum atomic E-state index is 10.8. The zero-order chi connectivity index (χ0) is 25.8. The average molecular weight is 500 g/mol. The summed E-state index contributed by atoms with van der Waals surface area (Å²) in [5, 5.41) is 15.1. The second-order valence-electron chi connectivity index (χ2n) is 8.93. The minimum absolute atomic E-state index is 0.334. The Kier molecular flexibility index (Phi) is 6.95. The number of hydrogen-bond donors (Lipinski definition) is 1. The summed E-state index contributed by atoms with van der Waals surface area (Å²) in [5.41, 5.74) is 3.83. The largest absolute Gasteiger partial charge is 0.497 e. The van der Waals surface area contributed by atoms with Gasteiger partial charge in [0.1, 0.15) is 17.1 Å². The first-order chi connectivity index (χ1) is 18.0. The van der Waals surface area contributed by atoms with Crippen LogP contribution < -0.4 is 14.4 Å². The highest BCUT2D eigenvalue weighted by molar-refractivity contribution is 5.83. The van der Waals surface area contributed by atoms with Crippen LogP contribution in [-0.4, -0.2) is 64.4 Å². The van der Waals surface area contributed by atoms with Gasteiger partial charge in [0.05, 0.1) is 63.1 Å². The lowest BCUT2D eigenvalue weighted by atomic mass is 9.95. The van der Waals surface area contributed by atoms with E-state index in [1.807, 2.05) is 54.5 Å². The van der Waals surface area contributed by atoms with Crippen molar-refractivity contribution in [3.63, 3.8) is 0 Å². The fraction of sp³-hybridized carbons (Fsp3) is 0.321. The van der Waals surface area contributed by atoms with Crippen molar-refractivity contribution in [2.75, 3.05) is 38.9 Å². The van der Waals surface area contributed by atoms with Gasteiger partial charge in [-0.3, -0.25) is 9.67 Å². The highest BCUT2D eigenvalue weighted by Crippen LogP contribution is 2.34. The molecule has 1 aliphatic heterocycles. The molecule has 0 unspecified atom stereocenters. The number of methoxy groups -OCH3 is 2. The van der Waals surface area contributed by atoms with E-state index in [0.29, 0.717) is 44.1 Å². The van der Waals surface area contributed by atoms with Crippen LogP contribution in [0.15, 0.2) is 55.0 Å². The van der Waals surface area contributed by atoms with Gasteiger partial charge in [-0.2, -0.15) is 5.10 Å². The van der Waals surface area contributed by atoms with Gasteiger partial charge in [0, 0.05) is 61.2 Å². The van der Waals surface area contributed by atoms with Gasteiger partial charge in [-0.15, -0.1) is 0 Å². The second-order valence-corrected chi connectivity index (χ2v) is 8.93. The number of aromatic nitrogens is 4. The fourth-order valence-electron chi connectivity index (χ4n) is 4.26. The Labute approximate surface area is 215 Å². The predicted octanol–water partition coefficient (Wildman–Crippen LogP) is 3.73.